The van der Waals surface area contributed by atoms with E-state index in [-0.39, 0.29) is 18.1 Å². The summed E-state index contributed by atoms with van der Waals surface area (Å²) in [4.78, 5) is 27.1. The van der Waals surface area contributed by atoms with Gasteiger partial charge in [0.1, 0.15) is 5.82 Å². The zero-order chi connectivity index (χ0) is 20.1. The molecule has 0 radical (unpaired) electrons. The van der Waals surface area contributed by atoms with E-state index < -0.39 is 21.4 Å². The van der Waals surface area contributed by atoms with Crippen LogP contribution in [0.15, 0.2) is 18.3 Å². The maximum Gasteiger partial charge on any atom is 0.290 e. The Hall–Kier alpha value is -2.20. The van der Waals surface area contributed by atoms with E-state index in [1.165, 1.54) is 6.26 Å². The van der Waals surface area contributed by atoms with E-state index in [0.29, 0.717) is 43.9 Å². The van der Waals surface area contributed by atoms with Crippen LogP contribution in [0.5, 0.6) is 0 Å². The molecule has 0 aromatic carbocycles. The number of carbonyl (C=O) groups excluding carboxylic acids is 1. The number of amides is 1. The number of pyridine rings is 1. The molecule has 1 aromatic heterocycles. The summed E-state index contributed by atoms with van der Waals surface area (Å²) >= 11 is 0. The van der Waals surface area contributed by atoms with Gasteiger partial charge in [0.15, 0.2) is 9.84 Å². The Morgan fingerprint density at radius 1 is 1.44 bits per heavy atom. The number of carbonyl (C=O) groups is 2. The molecular formula is C17H25N3O6S. The Morgan fingerprint density at radius 3 is 2.70 bits per heavy atom. The van der Waals surface area contributed by atoms with E-state index in [1.807, 2.05) is 4.90 Å². The van der Waals surface area contributed by atoms with Crippen molar-refractivity contribution >= 4 is 28.0 Å². The predicted octanol–water partition coefficient (Wildman–Crippen LogP) is -0.206. The Balaban J connectivity index is 0.000000817. The number of piperidine rings is 2. The quantitative estimate of drug-likeness (QED) is 0.594. The van der Waals surface area contributed by atoms with Gasteiger partial charge in [0.2, 0.25) is 5.91 Å². The predicted molar refractivity (Wildman–Crippen MR) is 99.0 cm³/mol. The Labute approximate surface area is 158 Å². The molecule has 2 saturated heterocycles. The zero-order valence-corrected chi connectivity index (χ0v) is 16.0. The number of aliphatic hydroxyl groups excluding tert-OH is 1. The Bertz CT molecular complexity index is 767. The normalized spacial score (nSPS) is 25.3. The molecule has 2 aliphatic heterocycles. The number of hydrogen-bond donors (Lipinski definition) is 3. The first kappa shape index (κ1) is 21.1. The largest absolute Gasteiger partial charge is 0.483 e. The van der Waals surface area contributed by atoms with Crippen molar-refractivity contribution in [3.63, 3.8) is 0 Å². The minimum absolute atomic E-state index is 0.0364. The number of hydrogen-bond acceptors (Lipinski definition) is 7. The van der Waals surface area contributed by atoms with Crippen LogP contribution in [0.1, 0.15) is 24.8 Å². The van der Waals surface area contributed by atoms with E-state index in [0.717, 1.165) is 6.42 Å². The zero-order valence-electron chi connectivity index (χ0n) is 15.2. The van der Waals surface area contributed by atoms with Crippen LogP contribution in [0.4, 0.5) is 5.82 Å². The lowest BCUT2D eigenvalue weighted by Gasteiger charge is -2.47. The lowest BCUT2D eigenvalue weighted by molar-refractivity contribution is -0.142. The highest BCUT2D eigenvalue weighted by atomic mass is 32.2. The molecule has 0 saturated carbocycles. The minimum Gasteiger partial charge on any atom is -0.483 e. The van der Waals surface area contributed by atoms with Crippen molar-refractivity contribution in [1.82, 2.24) is 10.3 Å². The SMILES string of the molecule is CS(=O)(=O)Cc1ccc(N2CC[C@@H](O)[C@@]3(CCCNC3=O)C2)nc1.O=CO. The Kier molecular flexibility index (Phi) is 6.77. The molecule has 3 N–H and O–H groups in total. The second-order valence-electron chi connectivity index (χ2n) is 6.94. The molecule has 2 atom stereocenters. The topological polar surface area (TPSA) is 137 Å². The molecule has 3 rings (SSSR count). The number of rotatable bonds is 3. The maximum absolute atomic E-state index is 12.4. The first-order valence-electron chi connectivity index (χ1n) is 8.63. The van der Waals surface area contributed by atoms with Gasteiger partial charge in [-0.25, -0.2) is 13.4 Å². The third kappa shape index (κ3) is 5.16. The van der Waals surface area contributed by atoms with Crippen molar-refractivity contribution in [1.29, 1.82) is 0 Å². The summed E-state index contributed by atoms with van der Waals surface area (Å²) in [6, 6.07) is 3.54. The molecule has 0 bridgehead atoms. The molecule has 0 aliphatic carbocycles. The van der Waals surface area contributed by atoms with Crippen LogP contribution in [0, 0.1) is 5.41 Å². The first-order valence-corrected chi connectivity index (χ1v) is 10.7. The third-order valence-corrected chi connectivity index (χ3v) is 5.74. The highest BCUT2D eigenvalue weighted by Crippen LogP contribution is 2.38. The summed E-state index contributed by atoms with van der Waals surface area (Å²) in [6.07, 6.45) is 4.16. The molecule has 3 heterocycles. The van der Waals surface area contributed by atoms with Gasteiger partial charge in [-0.2, -0.15) is 0 Å². The van der Waals surface area contributed by atoms with Gasteiger partial charge in [-0.15, -0.1) is 0 Å². The van der Waals surface area contributed by atoms with Crippen molar-refractivity contribution in [2.24, 2.45) is 5.41 Å². The fourth-order valence-electron chi connectivity index (χ4n) is 3.63. The van der Waals surface area contributed by atoms with Crippen LogP contribution in [-0.2, 0) is 25.2 Å². The number of aromatic nitrogens is 1. The molecule has 1 spiro atoms. The van der Waals surface area contributed by atoms with Crippen LogP contribution in [0.25, 0.3) is 0 Å². The number of sulfone groups is 1. The average Bonchev–Trinajstić information content (AvgIpc) is 2.60. The second kappa shape index (κ2) is 8.66. The molecule has 9 nitrogen and oxygen atoms in total. The number of nitrogens with one attached hydrogen (secondary N) is 1. The van der Waals surface area contributed by atoms with Crippen molar-refractivity contribution < 1.29 is 28.2 Å². The van der Waals surface area contributed by atoms with Gasteiger partial charge in [-0.1, -0.05) is 6.07 Å². The lowest BCUT2D eigenvalue weighted by Crippen LogP contribution is -2.61. The number of carboxylic acid groups (broad SMARTS) is 1. The van der Waals surface area contributed by atoms with Crippen LogP contribution in [0.3, 0.4) is 0 Å². The minimum atomic E-state index is -3.09. The summed E-state index contributed by atoms with van der Waals surface area (Å²) in [5.74, 6) is 0.585. The van der Waals surface area contributed by atoms with Crippen molar-refractivity contribution in [2.75, 3.05) is 30.8 Å². The van der Waals surface area contributed by atoms with Crippen LogP contribution in [0.2, 0.25) is 0 Å². The van der Waals surface area contributed by atoms with Gasteiger partial charge < -0.3 is 20.4 Å². The molecule has 1 aromatic rings. The van der Waals surface area contributed by atoms with E-state index in [4.69, 9.17) is 9.90 Å². The summed E-state index contributed by atoms with van der Waals surface area (Å²) < 4.78 is 22.7. The van der Waals surface area contributed by atoms with Crippen LogP contribution >= 0.6 is 0 Å². The second-order valence-corrected chi connectivity index (χ2v) is 9.08. The summed E-state index contributed by atoms with van der Waals surface area (Å²) in [7, 11) is -3.09. The van der Waals surface area contributed by atoms with Gasteiger partial charge >= 0.3 is 0 Å². The van der Waals surface area contributed by atoms with E-state index in [2.05, 4.69) is 10.3 Å². The third-order valence-electron chi connectivity index (χ3n) is 4.88. The highest BCUT2D eigenvalue weighted by molar-refractivity contribution is 7.89. The van der Waals surface area contributed by atoms with E-state index in [9.17, 15) is 18.3 Å². The summed E-state index contributed by atoms with van der Waals surface area (Å²) in [5, 5.41) is 20.2. The van der Waals surface area contributed by atoms with Crippen LogP contribution in [-0.4, -0.2) is 68.0 Å². The molecule has 150 valence electrons. The monoisotopic (exact) mass is 399 g/mol. The van der Waals surface area contributed by atoms with Crippen LogP contribution < -0.4 is 10.2 Å². The van der Waals surface area contributed by atoms with E-state index >= 15 is 0 Å². The lowest BCUT2D eigenvalue weighted by atomic mass is 9.71. The Morgan fingerprint density at radius 2 is 2.15 bits per heavy atom. The molecule has 10 heteroatoms. The van der Waals surface area contributed by atoms with E-state index in [1.54, 1.807) is 18.3 Å². The van der Waals surface area contributed by atoms with Crippen molar-refractivity contribution in [3.8, 4) is 0 Å². The molecule has 1 amide bonds. The maximum atomic E-state index is 12.4. The molecular weight excluding hydrogens is 374 g/mol. The smallest absolute Gasteiger partial charge is 0.290 e. The van der Waals surface area contributed by atoms with Gasteiger partial charge in [0.25, 0.3) is 6.47 Å². The molecule has 27 heavy (non-hydrogen) atoms. The number of anilines is 1. The number of aliphatic hydroxyl groups is 1. The van der Waals surface area contributed by atoms with Gasteiger partial charge in [0, 0.05) is 32.1 Å². The van der Waals surface area contributed by atoms with Gasteiger partial charge in [-0.05, 0) is 30.9 Å². The molecule has 0 unspecified atom stereocenters. The van der Waals surface area contributed by atoms with Gasteiger partial charge in [-0.3, -0.25) is 9.59 Å². The molecule has 2 aliphatic rings. The van der Waals surface area contributed by atoms with Gasteiger partial charge in [0.05, 0.1) is 17.3 Å². The fraction of sp³-hybridized carbons (Fsp3) is 0.588. The fourth-order valence-corrected chi connectivity index (χ4v) is 4.41. The summed E-state index contributed by atoms with van der Waals surface area (Å²) in [6.45, 7) is 1.46. The standard InChI is InChI=1S/C16H23N3O4S.CH2O2/c1-24(22,23)10-12-3-4-14(18-9-12)19-8-5-13(20)16(11-19)6-2-7-17-15(16)21;2-1-3/h3-4,9,13,20H,2,5-8,10-11H2,1H3,(H,17,21);1H,(H,2,3)/t13-,16-;/m1./s1. The first-order chi connectivity index (χ1) is 12.7. The molecule has 2 fully saturated rings. The average molecular weight is 399 g/mol. The summed E-state index contributed by atoms with van der Waals surface area (Å²) in [5.41, 5.74) is -0.132. The number of nitrogens with zero attached hydrogens (tertiary/aromatic N) is 2. The van der Waals surface area contributed by atoms with Crippen molar-refractivity contribution in [3.05, 3.63) is 23.9 Å². The highest BCUT2D eigenvalue weighted by Gasteiger charge is 2.50. The van der Waals surface area contributed by atoms with Crippen molar-refractivity contribution in [2.45, 2.75) is 31.1 Å².